The number of benzene rings is 1. The van der Waals surface area contributed by atoms with Crippen LogP contribution < -0.4 is 10.0 Å². The zero-order valence-corrected chi connectivity index (χ0v) is 18.1. The van der Waals surface area contributed by atoms with Crippen LogP contribution in [0.3, 0.4) is 0 Å². The monoisotopic (exact) mass is 429 g/mol. The third kappa shape index (κ3) is 4.04. The molecule has 0 aliphatic heterocycles. The maximum absolute atomic E-state index is 12.6. The van der Waals surface area contributed by atoms with Crippen molar-refractivity contribution in [3.05, 3.63) is 40.1 Å². The van der Waals surface area contributed by atoms with Gasteiger partial charge in [-0.2, -0.15) is 5.10 Å². The van der Waals surface area contributed by atoms with Crippen LogP contribution in [0.4, 0.5) is 10.5 Å². The first kappa shape index (κ1) is 20.7. The highest BCUT2D eigenvalue weighted by Gasteiger charge is 2.25. The number of anilines is 1. The summed E-state index contributed by atoms with van der Waals surface area (Å²) in [5.41, 5.74) is 6.71. The van der Waals surface area contributed by atoms with Crippen LogP contribution in [0, 0.1) is 0 Å². The third-order valence-electron chi connectivity index (χ3n) is 5.82. The number of carbonyl (C=O) groups is 2. The molecule has 3 amide bonds. The van der Waals surface area contributed by atoms with E-state index in [0.717, 1.165) is 56.2 Å². The molecular weight excluding hydrogens is 402 g/mol. The standard InChI is InChI=1S/C21H27N5O3S/c1-25(9-10-27)20(28)17-12-18(23-26(17)2)30-24-21(29)22-19-15-7-3-5-13(15)11-14-6-4-8-16(14)19/h11-12,27H,3-10H2,1-2H3,(H2,22,24,29). The lowest BCUT2D eigenvalue weighted by atomic mass is 9.99. The van der Waals surface area contributed by atoms with Crippen LogP contribution in [-0.2, 0) is 32.7 Å². The number of fused-ring (bicyclic) bond motifs is 2. The average molecular weight is 430 g/mol. The lowest BCUT2D eigenvalue weighted by Crippen LogP contribution is -2.30. The lowest BCUT2D eigenvalue weighted by molar-refractivity contribution is 0.0756. The Morgan fingerprint density at radius 1 is 1.17 bits per heavy atom. The van der Waals surface area contributed by atoms with E-state index in [-0.39, 0.29) is 25.1 Å². The zero-order chi connectivity index (χ0) is 21.3. The van der Waals surface area contributed by atoms with Crippen molar-refractivity contribution in [3.63, 3.8) is 0 Å². The van der Waals surface area contributed by atoms with Gasteiger partial charge in [-0.05, 0) is 60.8 Å². The van der Waals surface area contributed by atoms with Gasteiger partial charge in [0, 0.05) is 44.3 Å². The van der Waals surface area contributed by atoms with Gasteiger partial charge in [0.25, 0.3) is 5.91 Å². The van der Waals surface area contributed by atoms with E-state index in [1.807, 2.05) is 0 Å². The van der Waals surface area contributed by atoms with Crippen LogP contribution in [-0.4, -0.2) is 51.9 Å². The number of hydrogen-bond donors (Lipinski definition) is 3. The molecule has 3 N–H and O–H groups in total. The van der Waals surface area contributed by atoms with E-state index >= 15 is 0 Å². The highest BCUT2D eigenvalue weighted by Crippen LogP contribution is 2.38. The quantitative estimate of drug-likeness (QED) is 0.612. The molecule has 2 aliphatic rings. The van der Waals surface area contributed by atoms with Crippen LogP contribution in [0.15, 0.2) is 17.2 Å². The van der Waals surface area contributed by atoms with Gasteiger partial charge in [0.2, 0.25) is 0 Å². The summed E-state index contributed by atoms with van der Waals surface area (Å²) >= 11 is 1.08. The van der Waals surface area contributed by atoms with Crippen LogP contribution in [0.1, 0.15) is 45.6 Å². The van der Waals surface area contributed by atoms with E-state index in [9.17, 15) is 9.59 Å². The van der Waals surface area contributed by atoms with Gasteiger partial charge in [-0.1, -0.05) is 6.07 Å². The molecule has 0 fully saturated rings. The molecule has 1 aromatic carbocycles. The molecule has 0 unspecified atom stereocenters. The van der Waals surface area contributed by atoms with Crippen LogP contribution in [0.2, 0.25) is 0 Å². The van der Waals surface area contributed by atoms with E-state index in [0.29, 0.717) is 10.7 Å². The summed E-state index contributed by atoms with van der Waals surface area (Å²) in [4.78, 5) is 26.5. The first-order valence-electron chi connectivity index (χ1n) is 10.3. The molecule has 4 rings (SSSR count). The summed E-state index contributed by atoms with van der Waals surface area (Å²) in [6.45, 7) is 0.148. The number of aliphatic hydroxyl groups excluding tert-OH is 1. The number of likely N-dealkylation sites (N-methyl/N-ethyl adjacent to an activating group) is 1. The third-order valence-corrected chi connectivity index (χ3v) is 6.51. The molecule has 1 heterocycles. The fourth-order valence-electron chi connectivity index (χ4n) is 4.34. The van der Waals surface area contributed by atoms with Gasteiger partial charge >= 0.3 is 6.03 Å². The largest absolute Gasteiger partial charge is 0.395 e. The molecule has 2 aliphatic carbocycles. The van der Waals surface area contributed by atoms with E-state index < -0.39 is 0 Å². The summed E-state index contributed by atoms with van der Waals surface area (Å²) in [6, 6.07) is 3.69. The number of aliphatic hydroxyl groups is 1. The van der Waals surface area contributed by atoms with Gasteiger partial charge < -0.3 is 15.3 Å². The molecule has 0 atom stereocenters. The topological polar surface area (TPSA) is 99.5 Å². The predicted octanol–water partition coefficient (Wildman–Crippen LogP) is 2.29. The zero-order valence-electron chi connectivity index (χ0n) is 17.3. The van der Waals surface area contributed by atoms with Crippen molar-refractivity contribution in [2.24, 2.45) is 7.05 Å². The number of aryl methyl sites for hydroxylation is 3. The van der Waals surface area contributed by atoms with Crippen molar-refractivity contribution < 1.29 is 14.7 Å². The van der Waals surface area contributed by atoms with Gasteiger partial charge in [-0.15, -0.1) is 0 Å². The Hall–Kier alpha value is -2.52. The van der Waals surface area contributed by atoms with Crippen molar-refractivity contribution in [1.82, 2.24) is 19.4 Å². The van der Waals surface area contributed by atoms with Crippen LogP contribution >= 0.6 is 11.9 Å². The van der Waals surface area contributed by atoms with Crippen molar-refractivity contribution in [2.45, 2.75) is 43.6 Å². The van der Waals surface area contributed by atoms with Crippen molar-refractivity contribution in [3.8, 4) is 0 Å². The SMILES string of the molecule is CN(CCO)C(=O)c1cc(SNC(=O)Nc2c3c(cc4c2CCC4)CCC3)nn1C. The summed E-state index contributed by atoms with van der Waals surface area (Å²) in [7, 11) is 3.31. The highest BCUT2D eigenvalue weighted by atomic mass is 32.2. The summed E-state index contributed by atoms with van der Waals surface area (Å²) in [6.07, 6.45) is 6.47. The number of nitrogens with one attached hydrogen (secondary N) is 2. The van der Waals surface area contributed by atoms with Gasteiger partial charge in [0.05, 0.1) is 6.61 Å². The van der Waals surface area contributed by atoms with E-state index in [2.05, 4.69) is 21.2 Å². The molecule has 30 heavy (non-hydrogen) atoms. The van der Waals surface area contributed by atoms with Crippen molar-refractivity contribution >= 4 is 29.6 Å². The molecule has 0 bridgehead atoms. The molecule has 2 aromatic rings. The molecule has 1 aromatic heterocycles. The van der Waals surface area contributed by atoms with Crippen LogP contribution in [0.25, 0.3) is 0 Å². The molecular formula is C21H27N5O3S. The second-order valence-corrected chi connectivity index (χ2v) is 8.66. The Balaban J connectivity index is 1.42. The minimum Gasteiger partial charge on any atom is -0.395 e. The first-order chi connectivity index (χ1) is 14.5. The second-order valence-electron chi connectivity index (χ2n) is 7.83. The minimum absolute atomic E-state index is 0.101. The lowest BCUT2D eigenvalue weighted by Gasteiger charge is -2.16. The summed E-state index contributed by atoms with van der Waals surface area (Å²) < 4.78 is 4.27. The Kier molecular flexibility index (Phi) is 6.01. The van der Waals surface area contributed by atoms with Crippen molar-refractivity contribution in [1.29, 1.82) is 0 Å². The Bertz CT molecular complexity index is 955. The number of rotatable bonds is 6. The average Bonchev–Trinajstić information content (AvgIpc) is 3.45. The maximum atomic E-state index is 12.6. The van der Waals surface area contributed by atoms with E-state index in [1.165, 1.54) is 31.8 Å². The second kappa shape index (κ2) is 8.69. The van der Waals surface area contributed by atoms with Crippen LogP contribution in [0.5, 0.6) is 0 Å². The normalized spacial score (nSPS) is 14.4. The Labute approximate surface area is 180 Å². The number of aromatic nitrogens is 2. The van der Waals surface area contributed by atoms with Gasteiger partial charge in [0.1, 0.15) is 10.7 Å². The van der Waals surface area contributed by atoms with Crippen molar-refractivity contribution in [2.75, 3.05) is 25.5 Å². The number of urea groups is 1. The minimum atomic E-state index is -0.287. The maximum Gasteiger partial charge on any atom is 0.329 e. The predicted molar refractivity (Wildman–Crippen MR) is 116 cm³/mol. The summed E-state index contributed by atoms with van der Waals surface area (Å²) in [5, 5.41) is 16.9. The Morgan fingerprint density at radius 2 is 1.83 bits per heavy atom. The molecule has 0 saturated heterocycles. The molecule has 0 radical (unpaired) electrons. The molecule has 0 spiro atoms. The smallest absolute Gasteiger partial charge is 0.329 e. The number of amides is 3. The molecule has 8 nitrogen and oxygen atoms in total. The van der Waals surface area contributed by atoms with E-state index in [1.54, 1.807) is 20.2 Å². The Morgan fingerprint density at radius 3 is 2.47 bits per heavy atom. The van der Waals surface area contributed by atoms with Gasteiger partial charge in [-0.25, -0.2) is 4.79 Å². The first-order valence-corrected chi connectivity index (χ1v) is 11.1. The fourth-order valence-corrected chi connectivity index (χ4v) is 4.93. The number of carbonyl (C=O) groups excluding carboxylic acids is 2. The summed E-state index contributed by atoms with van der Waals surface area (Å²) in [5.74, 6) is -0.231. The molecule has 9 heteroatoms. The fraction of sp³-hybridized carbons (Fsp3) is 0.476. The highest BCUT2D eigenvalue weighted by molar-refractivity contribution is 7.97. The van der Waals surface area contributed by atoms with Gasteiger partial charge in [-0.3, -0.25) is 14.2 Å². The number of nitrogens with zero attached hydrogens (tertiary/aromatic N) is 3. The number of hydrogen-bond acceptors (Lipinski definition) is 5. The van der Waals surface area contributed by atoms with Gasteiger partial charge in [0.15, 0.2) is 0 Å². The molecule has 160 valence electrons. The van der Waals surface area contributed by atoms with E-state index in [4.69, 9.17) is 5.11 Å². The molecule has 0 saturated carbocycles.